The van der Waals surface area contributed by atoms with Crippen LogP contribution in [0.4, 0.5) is 0 Å². The Morgan fingerprint density at radius 2 is 2.08 bits per heavy atom. The van der Waals surface area contributed by atoms with E-state index in [0.717, 1.165) is 28.8 Å². The summed E-state index contributed by atoms with van der Waals surface area (Å²) in [6, 6.07) is 7.86. The molecule has 3 atom stereocenters. The smallest absolute Gasteiger partial charge is 0.316 e. The van der Waals surface area contributed by atoms with E-state index in [1.165, 1.54) is 18.2 Å². The Morgan fingerprint density at radius 1 is 1.28 bits per heavy atom. The van der Waals surface area contributed by atoms with Crippen molar-refractivity contribution in [2.45, 2.75) is 51.2 Å². The number of fused-ring (bicyclic) bond motifs is 1. The molecule has 134 valence electrons. The Kier molecular flexibility index (Phi) is 5.94. The van der Waals surface area contributed by atoms with Crippen LogP contribution < -0.4 is 0 Å². The first-order valence-electron chi connectivity index (χ1n) is 9.06. The molecule has 1 aromatic heterocycles. The van der Waals surface area contributed by atoms with Gasteiger partial charge in [-0.25, -0.2) is 9.97 Å². The number of ether oxygens (including phenoxy) is 1. The minimum Gasteiger partial charge on any atom is -0.461 e. The minimum absolute atomic E-state index is 0.0546. The average Bonchev–Trinajstić information content (AvgIpc) is 2.59. The molecule has 0 saturated heterocycles. The maximum Gasteiger partial charge on any atom is 0.316 e. The largest absolute Gasteiger partial charge is 0.461 e. The van der Waals surface area contributed by atoms with Gasteiger partial charge in [0.2, 0.25) is 0 Å². The number of rotatable bonds is 5. The van der Waals surface area contributed by atoms with E-state index in [1.54, 1.807) is 6.33 Å². The van der Waals surface area contributed by atoms with E-state index in [1.807, 2.05) is 24.3 Å². The van der Waals surface area contributed by atoms with E-state index in [0.29, 0.717) is 17.8 Å². The average molecular weight is 359 g/mol. The highest BCUT2D eigenvalue weighted by atomic mass is 32.2. The molecule has 1 aromatic carbocycles. The summed E-state index contributed by atoms with van der Waals surface area (Å²) in [4.78, 5) is 21.0. The zero-order valence-corrected chi connectivity index (χ0v) is 16.0. The maximum absolute atomic E-state index is 12.4. The molecule has 0 aliphatic heterocycles. The molecule has 1 heterocycles. The lowest BCUT2D eigenvalue weighted by Gasteiger charge is -2.36. The number of thioether (sulfide) groups is 1. The van der Waals surface area contributed by atoms with E-state index in [2.05, 4.69) is 30.7 Å². The van der Waals surface area contributed by atoms with Crippen LogP contribution in [0, 0.1) is 17.8 Å². The molecule has 0 N–H and O–H groups in total. The molecule has 5 heteroatoms. The van der Waals surface area contributed by atoms with E-state index < -0.39 is 0 Å². The van der Waals surface area contributed by atoms with Gasteiger partial charge in [-0.3, -0.25) is 4.79 Å². The van der Waals surface area contributed by atoms with Crippen LogP contribution in [0.1, 0.15) is 40.0 Å². The number of para-hydroxylation sites is 1. The molecule has 0 spiro atoms. The first-order valence-corrected chi connectivity index (χ1v) is 10.0. The SMILES string of the molecule is CC1CCC(C(C)C)C(OC(=O)CSc2ncnc3ccccc23)C1. The number of nitrogens with zero attached hydrogens (tertiary/aromatic N) is 2. The molecule has 1 saturated carbocycles. The van der Waals surface area contributed by atoms with E-state index in [-0.39, 0.29) is 17.8 Å². The van der Waals surface area contributed by atoms with Crippen molar-refractivity contribution in [3.05, 3.63) is 30.6 Å². The normalized spacial score (nSPS) is 23.8. The highest BCUT2D eigenvalue weighted by Crippen LogP contribution is 2.35. The van der Waals surface area contributed by atoms with Gasteiger partial charge in [-0.15, -0.1) is 0 Å². The molecule has 0 amide bonds. The molecule has 4 nitrogen and oxygen atoms in total. The second-order valence-corrected chi connectivity index (χ2v) is 8.30. The zero-order valence-electron chi connectivity index (χ0n) is 15.1. The van der Waals surface area contributed by atoms with Crippen LogP contribution in [0.2, 0.25) is 0 Å². The second kappa shape index (κ2) is 8.17. The van der Waals surface area contributed by atoms with Crippen molar-refractivity contribution < 1.29 is 9.53 Å². The molecule has 3 rings (SSSR count). The lowest BCUT2D eigenvalue weighted by atomic mass is 9.75. The van der Waals surface area contributed by atoms with Gasteiger partial charge in [0.1, 0.15) is 17.5 Å². The topological polar surface area (TPSA) is 52.1 Å². The van der Waals surface area contributed by atoms with E-state index >= 15 is 0 Å². The highest BCUT2D eigenvalue weighted by Gasteiger charge is 2.33. The number of hydrogen-bond acceptors (Lipinski definition) is 5. The van der Waals surface area contributed by atoms with E-state index in [9.17, 15) is 4.79 Å². The molecule has 25 heavy (non-hydrogen) atoms. The summed E-state index contributed by atoms with van der Waals surface area (Å²) in [6.07, 6.45) is 4.97. The lowest BCUT2D eigenvalue weighted by molar-refractivity contribution is -0.152. The van der Waals surface area contributed by atoms with Crippen molar-refractivity contribution in [3.63, 3.8) is 0 Å². The Bertz CT molecular complexity index is 729. The van der Waals surface area contributed by atoms with Crippen molar-refractivity contribution in [2.24, 2.45) is 17.8 Å². The molecule has 1 aliphatic rings. The molecule has 0 radical (unpaired) electrons. The molecular formula is C20H26N2O2S. The number of aromatic nitrogens is 2. The van der Waals surface area contributed by atoms with Gasteiger partial charge in [0.05, 0.1) is 11.3 Å². The minimum atomic E-state index is -0.141. The fourth-order valence-electron chi connectivity index (χ4n) is 3.68. The quantitative estimate of drug-likeness (QED) is 0.439. The Morgan fingerprint density at radius 3 is 2.88 bits per heavy atom. The van der Waals surface area contributed by atoms with Crippen LogP contribution in [-0.4, -0.2) is 27.8 Å². The molecule has 2 aromatic rings. The van der Waals surface area contributed by atoms with Crippen LogP contribution in [0.15, 0.2) is 35.6 Å². The van der Waals surface area contributed by atoms with E-state index in [4.69, 9.17) is 4.74 Å². The number of hydrogen-bond donors (Lipinski definition) is 0. The second-order valence-electron chi connectivity index (χ2n) is 7.34. The van der Waals surface area contributed by atoms with Crippen molar-refractivity contribution in [3.8, 4) is 0 Å². The number of esters is 1. The Hall–Kier alpha value is -1.62. The van der Waals surface area contributed by atoms with Crippen molar-refractivity contribution in [1.82, 2.24) is 9.97 Å². The summed E-state index contributed by atoms with van der Waals surface area (Å²) in [6.45, 7) is 6.70. The van der Waals surface area contributed by atoms with Gasteiger partial charge in [0.15, 0.2) is 0 Å². The van der Waals surface area contributed by atoms with Crippen molar-refractivity contribution >= 4 is 28.6 Å². The number of benzene rings is 1. The third kappa shape index (κ3) is 4.51. The molecule has 0 bridgehead atoms. The number of carbonyl (C=O) groups is 1. The Labute approximate surface area is 153 Å². The number of carbonyl (C=O) groups excluding carboxylic acids is 1. The molecule has 3 unspecified atom stereocenters. The lowest BCUT2D eigenvalue weighted by Crippen LogP contribution is -2.36. The first kappa shape index (κ1) is 18.2. The van der Waals surface area contributed by atoms with Crippen LogP contribution in [-0.2, 0) is 9.53 Å². The monoisotopic (exact) mass is 358 g/mol. The fourth-order valence-corrected chi connectivity index (χ4v) is 4.45. The molecule has 1 fully saturated rings. The van der Waals surface area contributed by atoms with Crippen LogP contribution in [0.5, 0.6) is 0 Å². The van der Waals surface area contributed by atoms with Crippen LogP contribution >= 0.6 is 11.8 Å². The van der Waals surface area contributed by atoms with Gasteiger partial charge in [-0.1, -0.05) is 57.2 Å². The van der Waals surface area contributed by atoms with Gasteiger partial charge >= 0.3 is 5.97 Å². The summed E-state index contributed by atoms with van der Waals surface area (Å²) in [5.74, 6) is 1.80. The standard InChI is InChI=1S/C20H26N2O2S/c1-13(2)15-9-8-14(3)10-18(15)24-19(23)11-25-20-16-6-4-5-7-17(16)21-12-22-20/h4-7,12-15,18H,8-11H2,1-3H3. The predicted octanol–water partition coefficient (Wildman–Crippen LogP) is 4.73. The predicted molar refractivity (Wildman–Crippen MR) is 101 cm³/mol. The first-order chi connectivity index (χ1) is 12.0. The van der Waals surface area contributed by atoms with Crippen LogP contribution in [0.3, 0.4) is 0 Å². The van der Waals surface area contributed by atoms with Crippen molar-refractivity contribution in [2.75, 3.05) is 5.75 Å². The van der Waals surface area contributed by atoms with Gasteiger partial charge < -0.3 is 4.74 Å². The highest BCUT2D eigenvalue weighted by molar-refractivity contribution is 8.00. The fraction of sp³-hybridized carbons (Fsp3) is 0.550. The summed E-state index contributed by atoms with van der Waals surface area (Å²) < 4.78 is 5.87. The molecular weight excluding hydrogens is 332 g/mol. The summed E-state index contributed by atoms with van der Waals surface area (Å²) in [5, 5.41) is 1.81. The summed E-state index contributed by atoms with van der Waals surface area (Å²) >= 11 is 1.43. The van der Waals surface area contributed by atoms with Crippen LogP contribution in [0.25, 0.3) is 10.9 Å². The van der Waals surface area contributed by atoms with Gasteiger partial charge in [0.25, 0.3) is 0 Å². The summed E-state index contributed by atoms with van der Waals surface area (Å²) in [5.41, 5.74) is 0.898. The molecule has 1 aliphatic carbocycles. The summed E-state index contributed by atoms with van der Waals surface area (Å²) in [7, 11) is 0. The van der Waals surface area contributed by atoms with Gasteiger partial charge in [-0.05, 0) is 36.7 Å². The van der Waals surface area contributed by atoms with Crippen molar-refractivity contribution in [1.29, 1.82) is 0 Å². The third-order valence-corrected chi connectivity index (χ3v) is 6.06. The Balaban J connectivity index is 1.62. The zero-order chi connectivity index (χ0) is 17.8. The third-order valence-electron chi connectivity index (χ3n) is 5.08. The maximum atomic E-state index is 12.4. The van der Waals surface area contributed by atoms with Gasteiger partial charge in [-0.2, -0.15) is 0 Å². The van der Waals surface area contributed by atoms with Gasteiger partial charge in [0, 0.05) is 5.39 Å².